The highest BCUT2D eigenvalue weighted by Gasteiger charge is 2.45. The summed E-state index contributed by atoms with van der Waals surface area (Å²) in [5.74, 6) is 0.943. The zero-order valence-electron chi connectivity index (χ0n) is 14.4. The molecule has 3 fully saturated rings. The van der Waals surface area contributed by atoms with Gasteiger partial charge in [0.15, 0.2) is 0 Å². The summed E-state index contributed by atoms with van der Waals surface area (Å²) < 4.78 is 0. The third kappa shape index (κ3) is 3.54. The number of nitrogens with one attached hydrogen (secondary N) is 1. The summed E-state index contributed by atoms with van der Waals surface area (Å²) in [6.45, 7) is 4.70. The zero-order chi connectivity index (χ0) is 16.6. The maximum absolute atomic E-state index is 12.6. The first-order valence-corrected chi connectivity index (χ1v) is 9.15. The molecule has 2 amide bonds. The third-order valence-corrected chi connectivity index (χ3v) is 6.17. The number of carbonyl (C=O) groups excluding carboxylic acids is 2. The van der Waals surface area contributed by atoms with Gasteiger partial charge in [-0.3, -0.25) is 9.59 Å². The topological polar surface area (TPSA) is 69.6 Å². The number of aliphatic hydroxyl groups is 1. The van der Waals surface area contributed by atoms with Crippen LogP contribution < -0.4 is 5.32 Å². The van der Waals surface area contributed by atoms with Gasteiger partial charge in [0.25, 0.3) is 0 Å². The number of nitrogens with zero attached hydrogens (tertiary/aromatic N) is 1. The van der Waals surface area contributed by atoms with E-state index in [-0.39, 0.29) is 24.3 Å². The minimum Gasteiger partial charge on any atom is -0.394 e. The summed E-state index contributed by atoms with van der Waals surface area (Å²) >= 11 is 0. The van der Waals surface area contributed by atoms with Gasteiger partial charge in [0.05, 0.1) is 18.1 Å². The fourth-order valence-electron chi connectivity index (χ4n) is 4.19. The van der Waals surface area contributed by atoms with Crippen molar-refractivity contribution in [3.05, 3.63) is 0 Å². The molecule has 130 valence electrons. The van der Waals surface area contributed by atoms with E-state index in [4.69, 9.17) is 0 Å². The molecule has 5 nitrogen and oxygen atoms in total. The predicted molar refractivity (Wildman–Crippen MR) is 87.6 cm³/mol. The van der Waals surface area contributed by atoms with Crippen molar-refractivity contribution < 1.29 is 14.7 Å². The van der Waals surface area contributed by atoms with E-state index in [0.717, 1.165) is 31.6 Å². The molecule has 1 heterocycles. The molecule has 0 aromatic rings. The second kappa shape index (κ2) is 6.42. The summed E-state index contributed by atoms with van der Waals surface area (Å²) in [5.41, 5.74) is -0.520. The lowest BCUT2D eigenvalue weighted by Gasteiger charge is -2.34. The average Bonchev–Trinajstić information content (AvgIpc) is 3.32. The monoisotopic (exact) mass is 322 g/mol. The van der Waals surface area contributed by atoms with Crippen LogP contribution in [0.4, 0.5) is 0 Å². The Labute approximate surface area is 138 Å². The first-order chi connectivity index (χ1) is 10.9. The fraction of sp³-hybridized carbons (Fsp3) is 0.889. The number of hydrogen-bond acceptors (Lipinski definition) is 3. The smallest absolute Gasteiger partial charge is 0.225 e. The molecule has 0 spiro atoms. The molecule has 2 N–H and O–H groups in total. The molecule has 1 aliphatic heterocycles. The Balaban J connectivity index is 1.57. The van der Waals surface area contributed by atoms with Gasteiger partial charge in [-0.2, -0.15) is 0 Å². The van der Waals surface area contributed by atoms with Gasteiger partial charge in [-0.15, -0.1) is 0 Å². The molecular formula is C18H30N2O3. The van der Waals surface area contributed by atoms with Gasteiger partial charge in [0, 0.05) is 19.0 Å². The highest BCUT2D eigenvalue weighted by molar-refractivity contribution is 5.89. The quantitative estimate of drug-likeness (QED) is 0.809. The minimum atomic E-state index is -0.520. The highest BCUT2D eigenvalue weighted by Crippen LogP contribution is 2.39. The van der Waals surface area contributed by atoms with Crippen molar-refractivity contribution in [1.82, 2.24) is 10.2 Å². The average molecular weight is 322 g/mol. The van der Waals surface area contributed by atoms with Crippen molar-refractivity contribution in [2.24, 2.45) is 17.8 Å². The zero-order valence-corrected chi connectivity index (χ0v) is 14.4. The standard InChI is InChI=1S/C18H30N2O3/c1-12-3-7-15(8-4-12)20-10-13(9-16(20)22)17(23)19-18(2,11-21)14-5-6-14/h12-15,21H,3-11H2,1-2H3,(H,19,23). The van der Waals surface area contributed by atoms with E-state index in [0.29, 0.717) is 24.9 Å². The number of hydrogen-bond donors (Lipinski definition) is 2. The normalized spacial score (nSPS) is 34.3. The lowest BCUT2D eigenvalue weighted by atomic mass is 9.86. The maximum Gasteiger partial charge on any atom is 0.225 e. The van der Waals surface area contributed by atoms with Gasteiger partial charge in [0.2, 0.25) is 11.8 Å². The molecule has 0 radical (unpaired) electrons. The predicted octanol–water partition coefficient (Wildman–Crippen LogP) is 1.69. The largest absolute Gasteiger partial charge is 0.394 e. The minimum absolute atomic E-state index is 0.0334. The highest BCUT2D eigenvalue weighted by atomic mass is 16.3. The molecule has 0 bridgehead atoms. The number of aliphatic hydroxyl groups excluding tert-OH is 1. The van der Waals surface area contributed by atoms with Gasteiger partial charge in [0.1, 0.15) is 0 Å². The summed E-state index contributed by atoms with van der Waals surface area (Å²) in [6.07, 6.45) is 6.94. The molecule has 2 atom stereocenters. The van der Waals surface area contributed by atoms with Crippen molar-refractivity contribution in [2.75, 3.05) is 13.2 Å². The molecule has 2 aliphatic carbocycles. The lowest BCUT2D eigenvalue weighted by molar-refractivity contribution is -0.131. The van der Waals surface area contributed by atoms with Crippen LogP contribution in [0.3, 0.4) is 0 Å². The van der Waals surface area contributed by atoms with Crippen LogP contribution in [0.5, 0.6) is 0 Å². The van der Waals surface area contributed by atoms with Crippen LogP contribution in [0.2, 0.25) is 0 Å². The maximum atomic E-state index is 12.6. The van der Waals surface area contributed by atoms with Crippen LogP contribution in [-0.2, 0) is 9.59 Å². The molecular weight excluding hydrogens is 292 g/mol. The molecule has 5 heteroatoms. The number of amides is 2. The molecule has 23 heavy (non-hydrogen) atoms. The Morgan fingerprint density at radius 1 is 1.26 bits per heavy atom. The van der Waals surface area contributed by atoms with Crippen molar-refractivity contribution in [3.8, 4) is 0 Å². The first kappa shape index (κ1) is 16.7. The summed E-state index contributed by atoms with van der Waals surface area (Å²) in [6, 6.07) is 0.323. The molecule has 1 saturated heterocycles. The molecule has 2 unspecified atom stereocenters. The first-order valence-electron chi connectivity index (χ1n) is 9.15. The Hall–Kier alpha value is -1.10. The summed E-state index contributed by atoms with van der Waals surface area (Å²) in [5, 5.41) is 12.7. The van der Waals surface area contributed by atoms with Gasteiger partial charge in [-0.1, -0.05) is 6.92 Å². The van der Waals surface area contributed by atoms with Crippen LogP contribution >= 0.6 is 0 Å². The van der Waals surface area contributed by atoms with Crippen molar-refractivity contribution >= 4 is 11.8 Å². The van der Waals surface area contributed by atoms with Gasteiger partial charge in [-0.05, 0) is 57.3 Å². The van der Waals surface area contributed by atoms with Crippen LogP contribution in [0, 0.1) is 17.8 Å². The van der Waals surface area contributed by atoms with E-state index in [9.17, 15) is 14.7 Å². The molecule has 2 saturated carbocycles. The molecule has 0 aromatic carbocycles. The van der Waals surface area contributed by atoms with E-state index in [1.807, 2.05) is 11.8 Å². The van der Waals surface area contributed by atoms with Crippen LogP contribution in [0.1, 0.15) is 58.8 Å². The van der Waals surface area contributed by atoms with Crippen molar-refractivity contribution in [3.63, 3.8) is 0 Å². The van der Waals surface area contributed by atoms with Crippen molar-refractivity contribution in [1.29, 1.82) is 0 Å². The van der Waals surface area contributed by atoms with Crippen LogP contribution in [0.15, 0.2) is 0 Å². The number of likely N-dealkylation sites (tertiary alicyclic amines) is 1. The second-order valence-corrected chi connectivity index (χ2v) is 8.20. The second-order valence-electron chi connectivity index (χ2n) is 8.20. The Morgan fingerprint density at radius 3 is 2.48 bits per heavy atom. The van der Waals surface area contributed by atoms with Gasteiger partial charge >= 0.3 is 0 Å². The third-order valence-electron chi connectivity index (χ3n) is 6.17. The van der Waals surface area contributed by atoms with E-state index in [1.165, 1.54) is 12.8 Å². The summed E-state index contributed by atoms with van der Waals surface area (Å²) in [4.78, 5) is 26.9. The van der Waals surface area contributed by atoms with Crippen LogP contribution in [0.25, 0.3) is 0 Å². The van der Waals surface area contributed by atoms with E-state index < -0.39 is 5.54 Å². The lowest BCUT2D eigenvalue weighted by Crippen LogP contribution is -2.53. The Morgan fingerprint density at radius 2 is 1.91 bits per heavy atom. The number of rotatable bonds is 5. The summed E-state index contributed by atoms with van der Waals surface area (Å²) in [7, 11) is 0. The van der Waals surface area contributed by atoms with E-state index in [1.54, 1.807) is 0 Å². The van der Waals surface area contributed by atoms with Gasteiger partial charge < -0.3 is 15.3 Å². The SMILES string of the molecule is CC1CCC(N2CC(C(=O)NC(C)(CO)C3CC3)CC2=O)CC1. The van der Waals surface area contributed by atoms with E-state index >= 15 is 0 Å². The fourth-order valence-corrected chi connectivity index (χ4v) is 4.19. The van der Waals surface area contributed by atoms with Crippen LogP contribution in [-0.4, -0.2) is 46.6 Å². The number of carbonyl (C=O) groups is 2. The van der Waals surface area contributed by atoms with Crippen molar-refractivity contribution in [2.45, 2.75) is 70.4 Å². The Kier molecular flexibility index (Phi) is 4.68. The Bertz CT molecular complexity index is 469. The molecule has 0 aromatic heterocycles. The van der Waals surface area contributed by atoms with Gasteiger partial charge in [-0.25, -0.2) is 0 Å². The molecule has 3 rings (SSSR count). The molecule has 3 aliphatic rings. The van der Waals surface area contributed by atoms with E-state index in [2.05, 4.69) is 12.2 Å².